The molecule has 1 saturated heterocycles. The second kappa shape index (κ2) is 14.2. The van der Waals surface area contributed by atoms with E-state index in [1.807, 2.05) is 6.92 Å². The van der Waals surface area contributed by atoms with E-state index in [0.29, 0.717) is 49.4 Å². The zero-order valence-corrected chi connectivity index (χ0v) is 25.3. The number of rotatable bonds is 13. The molecule has 0 radical (unpaired) electrons. The van der Waals surface area contributed by atoms with Crippen molar-refractivity contribution in [2.24, 2.45) is 0 Å². The molecule has 0 atom stereocenters. The molecule has 0 spiro atoms. The van der Waals surface area contributed by atoms with Gasteiger partial charge in [0, 0.05) is 18.1 Å². The number of hydrogen-bond acceptors (Lipinski definition) is 8. The maximum absolute atomic E-state index is 13.5. The molecule has 1 fully saturated rings. The van der Waals surface area contributed by atoms with Gasteiger partial charge >= 0.3 is 0 Å². The largest absolute Gasteiger partial charge is 0.494 e. The average Bonchev–Trinajstić information content (AvgIpc) is 2.99. The summed E-state index contributed by atoms with van der Waals surface area (Å²) in [7, 11) is -7.72. The van der Waals surface area contributed by atoms with Gasteiger partial charge < -0.3 is 19.5 Å². The molecule has 1 heterocycles. The Bertz CT molecular complexity index is 1540. The lowest BCUT2D eigenvalue weighted by molar-refractivity contribution is -0.119. The summed E-state index contributed by atoms with van der Waals surface area (Å²) in [6.07, 6.45) is 0. The second-order valence-corrected chi connectivity index (χ2v) is 13.3. The van der Waals surface area contributed by atoms with E-state index in [2.05, 4.69) is 5.32 Å². The molecule has 0 saturated carbocycles. The molecule has 0 unspecified atom stereocenters. The van der Waals surface area contributed by atoms with Crippen LogP contribution in [0, 0.1) is 0 Å². The number of amides is 1. The van der Waals surface area contributed by atoms with Crippen LogP contribution in [-0.2, 0) is 29.6 Å². The number of carbonyl (C=O) groups is 1. The summed E-state index contributed by atoms with van der Waals surface area (Å²) in [5.74, 6) is 0.446. The quantitative estimate of drug-likeness (QED) is 0.283. The molecular weight excluding hydrogens is 606 g/mol. The predicted molar refractivity (Wildman–Crippen MR) is 158 cm³/mol. The molecule has 11 nitrogen and oxygen atoms in total. The number of nitrogens with one attached hydrogen (secondary N) is 1. The van der Waals surface area contributed by atoms with Crippen LogP contribution in [0.3, 0.4) is 0 Å². The lowest BCUT2D eigenvalue weighted by atomic mass is 10.3. The zero-order valence-electron chi connectivity index (χ0n) is 22.9. The third-order valence-corrected chi connectivity index (χ3v) is 10.2. The van der Waals surface area contributed by atoms with Crippen molar-refractivity contribution in [1.82, 2.24) is 9.62 Å². The number of anilines is 1. The van der Waals surface area contributed by atoms with Crippen LogP contribution in [0.2, 0.25) is 5.02 Å². The van der Waals surface area contributed by atoms with Gasteiger partial charge in [-0.3, -0.25) is 9.10 Å². The van der Waals surface area contributed by atoms with Gasteiger partial charge in [-0.15, -0.1) is 0 Å². The van der Waals surface area contributed by atoms with E-state index in [1.54, 1.807) is 36.4 Å². The van der Waals surface area contributed by atoms with Crippen LogP contribution in [0.1, 0.15) is 6.92 Å². The first-order chi connectivity index (χ1) is 20.1. The molecule has 1 N–H and O–H groups in total. The first-order valence-electron chi connectivity index (χ1n) is 13.2. The topological polar surface area (TPSA) is 132 Å². The number of carbonyl (C=O) groups excluding carboxylic acids is 1. The summed E-state index contributed by atoms with van der Waals surface area (Å²) < 4.78 is 71.2. The van der Waals surface area contributed by atoms with Gasteiger partial charge in [-0.05, 0) is 79.7 Å². The third kappa shape index (κ3) is 7.92. The minimum Gasteiger partial charge on any atom is -0.494 e. The Labute approximate surface area is 251 Å². The van der Waals surface area contributed by atoms with Gasteiger partial charge in [-0.2, -0.15) is 4.31 Å². The number of ether oxygens (including phenoxy) is 3. The lowest BCUT2D eigenvalue weighted by Crippen LogP contribution is -2.41. The van der Waals surface area contributed by atoms with E-state index >= 15 is 0 Å². The number of morpholine rings is 1. The fraction of sp³-hybridized carbons (Fsp3) is 0.321. The van der Waals surface area contributed by atoms with Crippen LogP contribution in [0.15, 0.2) is 82.6 Å². The van der Waals surface area contributed by atoms with Gasteiger partial charge in [0.05, 0.1) is 41.8 Å². The number of sulfonamides is 2. The van der Waals surface area contributed by atoms with Gasteiger partial charge in [-0.25, -0.2) is 16.8 Å². The minimum atomic E-state index is -4.11. The van der Waals surface area contributed by atoms with Crippen molar-refractivity contribution >= 4 is 43.2 Å². The van der Waals surface area contributed by atoms with Crippen molar-refractivity contribution in [3.63, 3.8) is 0 Å². The Kier molecular flexibility index (Phi) is 10.7. The van der Waals surface area contributed by atoms with Crippen LogP contribution in [-0.4, -0.2) is 79.7 Å². The molecule has 42 heavy (non-hydrogen) atoms. The highest BCUT2D eigenvalue weighted by molar-refractivity contribution is 7.92. The molecule has 4 rings (SSSR count). The first kappa shape index (κ1) is 31.6. The molecule has 3 aromatic rings. The summed E-state index contributed by atoms with van der Waals surface area (Å²) in [5.41, 5.74) is 0.284. The summed E-state index contributed by atoms with van der Waals surface area (Å²) in [4.78, 5) is 13.0. The van der Waals surface area contributed by atoms with Gasteiger partial charge in [0.15, 0.2) is 0 Å². The first-order valence-corrected chi connectivity index (χ1v) is 16.5. The Hall–Kier alpha value is -3.36. The van der Waals surface area contributed by atoms with E-state index < -0.39 is 32.5 Å². The van der Waals surface area contributed by atoms with Crippen LogP contribution < -0.4 is 19.1 Å². The Morgan fingerprint density at radius 3 is 2.07 bits per heavy atom. The zero-order chi connectivity index (χ0) is 30.2. The van der Waals surface area contributed by atoms with Gasteiger partial charge in [0.2, 0.25) is 15.9 Å². The molecule has 0 aliphatic carbocycles. The molecule has 226 valence electrons. The van der Waals surface area contributed by atoms with Crippen molar-refractivity contribution in [1.29, 1.82) is 0 Å². The molecule has 3 aromatic carbocycles. The highest BCUT2D eigenvalue weighted by atomic mass is 35.5. The molecule has 0 aromatic heterocycles. The SMILES string of the molecule is CCOc1ccc(N(CC(=O)NCCOc2ccc(S(=O)(=O)N3CCOCC3)cc2)S(=O)(=O)c2ccc(Cl)cc2)cc1. The maximum Gasteiger partial charge on any atom is 0.264 e. The third-order valence-electron chi connectivity index (χ3n) is 6.25. The van der Waals surface area contributed by atoms with Crippen LogP contribution in [0.25, 0.3) is 0 Å². The molecule has 1 amide bonds. The summed E-state index contributed by atoms with van der Waals surface area (Å²) >= 11 is 5.93. The van der Waals surface area contributed by atoms with Gasteiger partial charge in [0.25, 0.3) is 10.0 Å². The predicted octanol–water partition coefficient (Wildman–Crippen LogP) is 3.15. The van der Waals surface area contributed by atoms with Crippen molar-refractivity contribution < 1.29 is 35.8 Å². The second-order valence-electron chi connectivity index (χ2n) is 9.08. The normalized spacial score (nSPS) is 14.2. The lowest BCUT2D eigenvalue weighted by Gasteiger charge is -2.26. The molecule has 0 bridgehead atoms. The fourth-order valence-electron chi connectivity index (χ4n) is 4.11. The average molecular weight is 638 g/mol. The van der Waals surface area contributed by atoms with Crippen molar-refractivity contribution in [3.8, 4) is 11.5 Å². The minimum absolute atomic E-state index is 0.0176. The van der Waals surface area contributed by atoms with Gasteiger partial charge in [-0.1, -0.05) is 11.6 Å². The Morgan fingerprint density at radius 2 is 1.45 bits per heavy atom. The van der Waals surface area contributed by atoms with E-state index in [0.717, 1.165) is 4.31 Å². The van der Waals surface area contributed by atoms with E-state index in [1.165, 1.54) is 40.7 Å². The van der Waals surface area contributed by atoms with Crippen LogP contribution in [0.4, 0.5) is 5.69 Å². The van der Waals surface area contributed by atoms with Crippen LogP contribution >= 0.6 is 11.6 Å². The van der Waals surface area contributed by atoms with E-state index in [9.17, 15) is 21.6 Å². The standard InChI is InChI=1S/C28H32ClN3O8S2/c1-2-39-24-7-5-23(6-8-24)32(42(36,37)27-11-3-22(29)4-12-27)21-28(33)30-15-18-40-25-9-13-26(14-10-25)41(34,35)31-16-19-38-20-17-31/h3-14H,2,15-21H2,1H3,(H,30,33). The molecule has 1 aliphatic heterocycles. The van der Waals surface area contributed by atoms with Crippen molar-refractivity contribution in [3.05, 3.63) is 77.8 Å². The smallest absolute Gasteiger partial charge is 0.264 e. The number of nitrogens with zero attached hydrogens (tertiary/aromatic N) is 2. The maximum atomic E-state index is 13.5. The van der Waals surface area contributed by atoms with Crippen LogP contribution in [0.5, 0.6) is 11.5 Å². The highest BCUT2D eigenvalue weighted by Crippen LogP contribution is 2.27. The number of hydrogen-bond donors (Lipinski definition) is 1. The van der Waals surface area contributed by atoms with Gasteiger partial charge in [0.1, 0.15) is 24.7 Å². The van der Waals surface area contributed by atoms with E-state index in [-0.39, 0.29) is 28.6 Å². The van der Waals surface area contributed by atoms with Crippen molar-refractivity contribution in [2.75, 3.05) is 56.9 Å². The molecular formula is C28H32ClN3O8S2. The highest BCUT2D eigenvalue weighted by Gasteiger charge is 2.28. The molecule has 14 heteroatoms. The summed E-state index contributed by atoms with van der Waals surface area (Å²) in [6, 6.07) is 18.1. The number of benzene rings is 3. The van der Waals surface area contributed by atoms with E-state index in [4.69, 9.17) is 25.8 Å². The van der Waals surface area contributed by atoms with Crippen molar-refractivity contribution in [2.45, 2.75) is 16.7 Å². The fourth-order valence-corrected chi connectivity index (χ4v) is 7.07. The Morgan fingerprint density at radius 1 is 0.881 bits per heavy atom. The monoisotopic (exact) mass is 637 g/mol. The Balaban J connectivity index is 1.36. The molecule has 1 aliphatic rings. The summed E-state index contributed by atoms with van der Waals surface area (Å²) in [6.45, 7) is 3.30. The number of halogens is 1. The summed E-state index contributed by atoms with van der Waals surface area (Å²) in [5, 5.41) is 3.05.